The Morgan fingerprint density at radius 1 is 1.17 bits per heavy atom. The number of piperazine rings is 1. The number of hydrogen-bond acceptors (Lipinski definition) is 5. The maximum absolute atomic E-state index is 12.4. The SMILES string of the molecule is CC(CN)C(=O)N1CCN(C(=O)c2ccc([N+](=O)[O-])cc2)CC1.Cl. The lowest BCUT2D eigenvalue weighted by atomic mass is 10.1. The lowest BCUT2D eigenvalue weighted by Crippen LogP contribution is -2.52. The van der Waals surface area contributed by atoms with Crippen molar-refractivity contribution in [3.8, 4) is 0 Å². The second-order valence-electron chi connectivity index (χ2n) is 5.56. The molecule has 0 spiro atoms. The molecule has 0 aromatic heterocycles. The number of non-ortho nitro benzene ring substituents is 1. The topological polar surface area (TPSA) is 110 Å². The van der Waals surface area contributed by atoms with Crippen LogP contribution < -0.4 is 5.73 Å². The van der Waals surface area contributed by atoms with Crippen molar-refractivity contribution in [1.29, 1.82) is 0 Å². The summed E-state index contributed by atoms with van der Waals surface area (Å²) in [6.07, 6.45) is 0. The molecule has 0 radical (unpaired) electrons. The minimum absolute atomic E-state index is 0. The first-order valence-electron chi connectivity index (χ1n) is 7.46. The van der Waals surface area contributed by atoms with Gasteiger partial charge in [-0.3, -0.25) is 19.7 Å². The Kier molecular flexibility index (Phi) is 7.12. The number of nitrogens with zero attached hydrogens (tertiary/aromatic N) is 3. The summed E-state index contributed by atoms with van der Waals surface area (Å²) in [6.45, 7) is 3.93. The van der Waals surface area contributed by atoms with Crippen LogP contribution in [0.2, 0.25) is 0 Å². The zero-order chi connectivity index (χ0) is 17.0. The lowest BCUT2D eigenvalue weighted by molar-refractivity contribution is -0.384. The minimum atomic E-state index is -0.503. The molecule has 1 aliphatic rings. The third-order valence-electron chi connectivity index (χ3n) is 3.98. The zero-order valence-electron chi connectivity index (χ0n) is 13.4. The van der Waals surface area contributed by atoms with Crippen molar-refractivity contribution >= 4 is 29.9 Å². The molecule has 24 heavy (non-hydrogen) atoms. The third kappa shape index (κ3) is 4.42. The number of carbonyl (C=O) groups is 2. The second kappa shape index (κ2) is 8.60. The molecule has 132 valence electrons. The maximum Gasteiger partial charge on any atom is 0.269 e. The van der Waals surface area contributed by atoms with Crippen molar-refractivity contribution < 1.29 is 14.5 Å². The first-order chi connectivity index (χ1) is 10.9. The molecule has 2 N–H and O–H groups in total. The molecule has 1 unspecified atom stereocenters. The van der Waals surface area contributed by atoms with Crippen LogP contribution in [0.25, 0.3) is 0 Å². The summed E-state index contributed by atoms with van der Waals surface area (Å²) in [4.78, 5) is 37.9. The minimum Gasteiger partial charge on any atom is -0.339 e. The van der Waals surface area contributed by atoms with E-state index in [1.807, 2.05) is 0 Å². The third-order valence-corrected chi connectivity index (χ3v) is 3.98. The summed E-state index contributed by atoms with van der Waals surface area (Å²) in [5, 5.41) is 10.6. The van der Waals surface area contributed by atoms with E-state index in [1.165, 1.54) is 24.3 Å². The highest BCUT2D eigenvalue weighted by Gasteiger charge is 2.27. The molecule has 1 aromatic carbocycles. The van der Waals surface area contributed by atoms with E-state index in [2.05, 4.69) is 0 Å². The van der Waals surface area contributed by atoms with Gasteiger partial charge in [0.2, 0.25) is 5.91 Å². The molecule has 1 atom stereocenters. The van der Waals surface area contributed by atoms with Gasteiger partial charge in [-0.1, -0.05) is 6.92 Å². The van der Waals surface area contributed by atoms with Gasteiger partial charge in [-0.25, -0.2) is 0 Å². The highest BCUT2D eigenvalue weighted by atomic mass is 35.5. The Morgan fingerprint density at radius 2 is 1.67 bits per heavy atom. The van der Waals surface area contributed by atoms with E-state index in [0.717, 1.165) is 0 Å². The fourth-order valence-electron chi connectivity index (χ4n) is 2.45. The van der Waals surface area contributed by atoms with Crippen LogP contribution in [0.5, 0.6) is 0 Å². The Hall–Kier alpha value is -2.19. The summed E-state index contributed by atoms with van der Waals surface area (Å²) in [7, 11) is 0. The van der Waals surface area contributed by atoms with E-state index in [9.17, 15) is 19.7 Å². The number of nitrogens with two attached hydrogens (primary N) is 1. The van der Waals surface area contributed by atoms with Gasteiger partial charge in [0.15, 0.2) is 0 Å². The lowest BCUT2D eigenvalue weighted by Gasteiger charge is -2.35. The van der Waals surface area contributed by atoms with Crippen molar-refractivity contribution in [2.45, 2.75) is 6.92 Å². The van der Waals surface area contributed by atoms with Gasteiger partial charge in [0.1, 0.15) is 0 Å². The van der Waals surface area contributed by atoms with Gasteiger partial charge in [0.25, 0.3) is 11.6 Å². The number of benzene rings is 1. The first kappa shape index (κ1) is 19.9. The Balaban J connectivity index is 0.00000288. The predicted octanol–water partition coefficient (Wildman–Crippen LogP) is 0.896. The summed E-state index contributed by atoms with van der Waals surface area (Å²) in [5.74, 6) is -0.388. The number of halogens is 1. The van der Waals surface area contributed by atoms with Gasteiger partial charge in [-0.2, -0.15) is 0 Å². The molecule has 2 rings (SSSR count). The number of nitro groups is 1. The highest BCUT2D eigenvalue weighted by Crippen LogP contribution is 2.15. The first-order valence-corrected chi connectivity index (χ1v) is 7.46. The predicted molar refractivity (Wildman–Crippen MR) is 91.0 cm³/mol. The van der Waals surface area contributed by atoms with Crippen molar-refractivity contribution in [2.75, 3.05) is 32.7 Å². The van der Waals surface area contributed by atoms with E-state index in [-0.39, 0.29) is 35.8 Å². The molecule has 2 amide bonds. The van der Waals surface area contributed by atoms with E-state index < -0.39 is 4.92 Å². The van der Waals surface area contributed by atoms with Crippen molar-refractivity contribution in [2.24, 2.45) is 11.7 Å². The maximum atomic E-state index is 12.4. The van der Waals surface area contributed by atoms with Gasteiger partial charge in [-0.05, 0) is 12.1 Å². The Labute approximate surface area is 146 Å². The molecule has 8 nitrogen and oxygen atoms in total. The molecular weight excluding hydrogens is 336 g/mol. The summed E-state index contributed by atoms with van der Waals surface area (Å²) >= 11 is 0. The van der Waals surface area contributed by atoms with E-state index >= 15 is 0 Å². The van der Waals surface area contributed by atoms with Gasteiger partial charge in [0, 0.05) is 56.3 Å². The normalized spacial score (nSPS) is 15.4. The molecule has 1 aliphatic heterocycles. The molecule has 1 heterocycles. The summed E-state index contributed by atoms with van der Waals surface area (Å²) in [5.41, 5.74) is 5.86. The average molecular weight is 357 g/mol. The number of hydrogen-bond donors (Lipinski definition) is 1. The van der Waals surface area contributed by atoms with Gasteiger partial charge in [0.05, 0.1) is 4.92 Å². The molecule has 0 bridgehead atoms. The molecule has 0 aliphatic carbocycles. The van der Waals surface area contributed by atoms with Crippen LogP contribution in [-0.2, 0) is 4.79 Å². The Morgan fingerprint density at radius 3 is 2.12 bits per heavy atom. The second-order valence-corrected chi connectivity index (χ2v) is 5.56. The van der Waals surface area contributed by atoms with Crippen LogP contribution in [0.1, 0.15) is 17.3 Å². The molecular formula is C15H21ClN4O4. The highest BCUT2D eigenvalue weighted by molar-refractivity contribution is 5.94. The van der Waals surface area contributed by atoms with Crippen molar-refractivity contribution in [3.63, 3.8) is 0 Å². The van der Waals surface area contributed by atoms with Crippen LogP contribution >= 0.6 is 12.4 Å². The standard InChI is InChI=1S/C15H20N4O4.ClH/c1-11(10-16)14(20)17-6-8-18(9-7-17)15(21)12-2-4-13(5-3-12)19(22)23;/h2-5,11H,6-10,16H2,1H3;1H. The van der Waals surface area contributed by atoms with Crippen LogP contribution in [-0.4, -0.2) is 59.3 Å². The molecule has 1 saturated heterocycles. The molecule has 0 saturated carbocycles. The number of rotatable bonds is 4. The van der Waals surface area contributed by atoms with Crippen LogP contribution in [0.4, 0.5) is 5.69 Å². The van der Waals surface area contributed by atoms with Gasteiger partial charge < -0.3 is 15.5 Å². The number of nitro benzene ring substituents is 1. The quantitative estimate of drug-likeness (QED) is 0.636. The summed E-state index contributed by atoms with van der Waals surface area (Å²) in [6, 6.07) is 5.54. The number of carbonyl (C=O) groups excluding carboxylic acids is 2. The molecule has 1 fully saturated rings. The van der Waals surface area contributed by atoms with Gasteiger partial charge in [-0.15, -0.1) is 12.4 Å². The Bertz CT molecular complexity index is 600. The molecule has 9 heteroatoms. The van der Waals surface area contributed by atoms with E-state index in [1.54, 1.807) is 16.7 Å². The molecule has 1 aromatic rings. The van der Waals surface area contributed by atoms with Crippen LogP contribution in [0, 0.1) is 16.0 Å². The van der Waals surface area contributed by atoms with Crippen molar-refractivity contribution in [3.05, 3.63) is 39.9 Å². The van der Waals surface area contributed by atoms with E-state index in [0.29, 0.717) is 38.3 Å². The average Bonchev–Trinajstić information content (AvgIpc) is 2.60. The monoisotopic (exact) mass is 356 g/mol. The van der Waals surface area contributed by atoms with Crippen molar-refractivity contribution in [1.82, 2.24) is 9.80 Å². The number of amides is 2. The van der Waals surface area contributed by atoms with Crippen LogP contribution in [0.3, 0.4) is 0 Å². The smallest absolute Gasteiger partial charge is 0.269 e. The zero-order valence-corrected chi connectivity index (χ0v) is 14.2. The van der Waals surface area contributed by atoms with Crippen LogP contribution in [0.15, 0.2) is 24.3 Å². The fourth-order valence-corrected chi connectivity index (χ4v) is 2.45. The largest absolute Gasteiger partial charge is 0.339 e. The fraction of sp³-hybridized carbons (Fsp3) is 0.467. The van der Waals surface area contributed by atoms with Gasteiger partial charge >= 0.3 is 0 Å². The summed E-state index contributed by atoms with van der Waals surface area (Å²) < 4.78 is 0. The van der Waals surface area contributed by atoms with E-state index in [4.69, 9.17) is 5.73 Å².